The van der Waals surface area contributed by atoms with Gasteiger partial charge in [0.2, 0.25) is 10.0 Å². The highest BCUT2D eigenvalue weighted by Crippen LogP contribution is 2.22. The van der Waals surface area contributed by atoms with Gasteiger partial charge in [0.1, 0.15) is 0 Å². The van der Waals surface area contributed by atoms with Gasteiger partial charge in [-0.2, -0.15) is 9.41 Å². The van der Waals surface area contributed by atoms with Crippen molar-refractivity contribution < 1.29 is 17.9 Å². The van der Waals surface area contributed by atoms with Crippen LogP contribution in [0.25, 0.3) is 0 Å². The second kappa shape index (κ2) is 7.83. The van der Waals surface area contributed by atoms with E-state index in [1.54, 1.807) is 12.1 Å². The van der Waals surface area contributed by atoms with E-state index in [0.717, 1.165) is 24.1 Å². The molecule has 28 heavy (non-hydrogen) atoms. The van der Waals surface area contributed by atoms with Crippen molar-refractivity contribution in [3.8, 4) is 0 Å². The van der Waals surface area contributed by atoms with Crippen LogP contribution in [0, 0.1) is 0 Å². The van der Waals surface area contributed by atoms with Crippen molar-refractivity contribution in [1.29, 1.82) is 0 Å². The fraction of sp³-hybridized carbons (Fsp3) is 0.300. The van der Waals surface area contributed by atoms with Crippen LogP contribution in [0.2, 0.25) is 0 Å². The summed E-state index contributed by atoms with van der Waals surface area (Å²) in [7, 11) is -3.65. The minimum atomic E-state index is -3.65. The molecule has 4 rings (SSSR count). The summed E-state index contributed by atoms with van der Waals surface area (Å²) in [5, 5.41) is 4.26. The van der Waals surface area contributed by atoms with Gasteiger partial charge in [0.25, 0.3) is 5.91 Å². The Morgan fingerprint density at radius 2 is 1.82 bits per heavy atom. The van der Waals surface area contributed by atoms with Crippen molar-refractivity contribution in [3.63, 3.8) is 0 Å². The largest absolute Gasteiger partial charge is 0.379 e. The van der Waals surface area contributed by atoms with Crippen LogP contribution in [0.15, 0.2) is 58.5 Å². The molecule has 1 aliphatic heterocycles. The van der Waals surface area contributed by atoms with Gasteiger partial charge in [-0.1, -0.05) is 30.3 Å². The molecule has 1 heterocycles. The Kier molecular flexibility index (Phi) is 5.25. The minimum Gasteiger partial charge on any atom is -0.379 e. The van der Waals surface area contributed by atoms with Crippen LogP contribution in [0.4, 0.5) is 0 Å². The van der Waals surface area contributed by atoms with E-state index >= 15 is 0 Å². The number of benzene rings is 2. The number of hydrogen-bond donors (Lipinski definition) is 1. The third kappa shape index (κ3) is 3.71. The van der Waals surface area contributed by atoms with Crippen LogP contribution < -0.4 is 5.43 Å². The van der Waals surface area contributed by atoms with Gasteiger partial charge in [-0.3, -0.25) is 4.79 Å². The summed E-state index contributed by atoms with van der Waals surface area (Å²) in [4.78, 5) is 12.6. The molecule has 146 valence electrons. The van der Waals surface area contributed by atoms with Gasteiger partial charge >= 0.3 is 0 Å². The topological polar surface area (TPSA) is 88.1 Å². The molecule has 1 fully saturated rings. The van der Waals surface area contributed by atoms with Crippen molar-refractivity contribution in [2.24, 2.45) is 5.10 Å². The average molecular weight is 399 g/mol. The summed E-state index contributed by atoms with van der Waals surface area (Å²) in [5.74, 6) is -0.434. The Bertz CT molecular complexity index is 1030. The van der Waals surface area contributed by atoms with Crippen molar-refractivity contribution in [1.82, 2.24) is 9.73 Å². The lowest BCUT2D eigenvalue weighted by atomic mass is 10.1. The van der Waals surface area contributed by atoms with Gasteiger partial charge < -0.3 is 4.74 Å². The number of aryl methyl sites for hydroxylation is 1. The number of hydrazone groups is 1. The van der Waals surface area contributed by atoms with Crippen molar-refractivity contribution >= 4 is 21.6 Å². The van der Waals surface area contributed by atoms with Gasteiger partial charge in [0.15, 0.2) is 0 Å². The Labute approximate surface area is 164 Å². The number of amides is 1. The number of nitrogens with one attached hydrogen (secondary N) is 1. The molecular weight excluding hydrogens is 378 g/mol. The lowest BCUT2D eigenvalue weighted by Gasteiger charge is -2.26. The lowest BCUT2D eigenvalue weighted by molar-refractivity contribution is 0.0730. The number of carbonyl (C=O) groups excluding carboxylic acids is 1. The Morgan fingerprint density at radius 1 is 1.04 bits per heavy atom. The molecule has 0 unspecified atom stereocenters. The number of sulfonamides is 1. The zero-order chi connectivity index (χ0) is 19.6. The van der Waals surface area contributed by atoms with Gasteiger partial charge in [-0.25, -0.2) is 13.8 Å². The van der Waals surface area contributed by atoms with E-state index in [4.69, 9.17) is 4.74 Å². The maximum absolute atomic E-state index is 12.8. The van der Waals surface area contributed by atoms with E-state index in [2.05, 4.69) is 16.6 Å². The number of fused-ring (bicyclic) bond motifs is 1. The van der Waals surface area contributed by atoms with Crippen LogP contribution in [0.5, 0.6) is 0 Å². The molecule has 0 bridgehead atoms. The number of ether oxygens (including phenoxy) is 1. The fourth-order valence-electron chi connectivity index (χ4n) is 3.44. The maximum Gasteiger partial charge on any atom is 0.271 e. The van der Waals surface area contributed by atoms with Gasteiger partial charge in [-0.05, 0) is 36.6 Å². The molecule has 2 aromatic rings. The quantitative estimate of drug-likeness (QED) is 0.794. The molecule has 0 atom stereocenters. The molecule has 1 aliphatic carbocycles. The first-order valence-electron chi connectivity index (χ1n) is 9.19. The second-order valence-electron chi connectivity index (χ2n) is 6.70. The Morgan fingerprint density at radius 3 is 2.64 bits per heavy atom. The zero-order valence-corrected chi connectivity index (χ0v) is 16.1. The summed E-state index contributed by atoms with van der Waals surface area (Å²) in [5.41, 5.74) is 5.91. The summed E-state index contributed by atoms with van der Waals surface area (Å²) in [6, 6.07) is 14.0. The zero-order valence-electron chi connectivity index (χ0n) is 15.3. The van der Waals surface area contributed by atoms with E-state index in [0.29, 0.717) is 26.3 Å². The Balaban J connectivity index is 1.52. The van der Waals surface area contributed by atoms with Crippen LogP contribution in [0.1, 0.15) is 27.9 Å². The molecule has 8 heteroatoms. The average Bonchev–Trinajstić information content (AvgIpc) is 3.16. The number of morpholine rings is 1. The molecule has 2 aromatic carbocycles. The first kappa shape index (κ1) is 18.8. The molecule has 1 N–H and O–H groups in total. The van der Waals surface area contributed by atoms with Gasteiger partial charge in [-0.15, -0.1) is 0 Å². The predicted octanol–water partition coefficient (Wildman–Crippen LogP) is 1.79. The monoisotopic (exact) mass is 399 g/mol. The standard InChI is InChI=1S/C20H21N3O4S/c24-20(22-21-19-9-8-15-4-1-2-7-18(15)19)16-5-3-6-17(14-16)28(25,26)23-10-12-27-13-11-23/h1-7,14H,8-13H2,(H,22,24). The molecule has 2 aliphatic rings. The summed E-state index contributed by atoms with van der Waals surface area (Å²) >= 11 is 0. The van der Waals surface area contributed by atoms with Gasteiger partial charge in [0.05, 0.1) is 23.8 Å². The van der Waals surface area contributed by atoms with Crippen LogP contribution in [0.3, 0.4) is 0 Å². The number of hydrogen-bond acceptors (Lipinski definition) is 5. The molecule has 1 saturated heterocycles. The number of nitrogens with zero attached hydrogens (tertiary/aromatic N) is 2. The van der Waals surface area contributed by atoms with Crippen molar-refractivity contribution in [3.05, 3.63) is 65.2 Å². The lowest BCUT2D eigenvalue weighted by Crippen LogP contribution is -2.40. The molecule has 0 saturated carbocycles. The third-order valence-corrected chi connectivity index (χ3v) is 6.85. The predicted molar refractivity (Wildman–Crippen MR) is 105 cm³/mol. The SMILES string of the molecule is O=C(NN=C1CCc2ccccc21)c1cccc(S(=O)(=O)N2CCOCC2)c1. The van der Waals surface area contributed by atoms with Crippen molar-refractivity contribution in [2.75, 3.05) is 26.3 Å². The fourth-order valence-corrected chi connectivity index (χ4v) is 4.89. The van der Waals surface area contributed by atoms with E-state index in [9.17, 15) is 13.2 Å². The number of rotatable bonds is 4. The first-order chi connectivity index (χ1) is 13.6. The van der Waals surface area contributed by atoms with Crippen LogP contribution in [-0.4, -0.2) is 50.6 Å². The van der Waals surface area contributed by atoms with Crippen molar-refractivity contribution in [2.45, 2.75) is 17.7 Å². The number of carbonyl (C=O) groups is 1. The van der Waals surface area contributed by atoms with E-state index < -0.39 is 15.9 Å². The molecular formula is C20H21N3O4S. The summed E-state index contributed by atoms with van der Waals surface area (Å²) in [6.07, 6.45) is 1.67. The second-order valence-corrected chi connectivity index (χ2v) is 8.64. The minimum absolute atomic E-state index is 0.0981. The van der Waals surface area contributed by atoms with E-state index in [-0.39, 0.29) is 10.5 Å². The molecule has 0 spiro atoms. The maximum atomic E-state index is 12.8. The Hall–Kier alpha value is -2.55. The first-order valence-corrected chi connectivity index (χ1v) is 10.6. The normalized spacial score (nSPS) is 18.8. The van der Waals surface area contributed by atoms with Crippen LogP contribution in [-0.2, 0) is 21.2 Å². The highest BCUT2D eigenvalue weighted by atomic mass is 32.2. The molecule has 0 radical (unpaired) electrons. The summed E-state index contributed by atoms with van der Waals surface area (Å²) < 4.78 is 32.1. The molecule has 0 aromatic heterocycles. The highest BCUT2D eigenvalue weighted by Gasteiger charge is 2.27. The third-order valence-electron chi connectivity index (χ3n) is 4.96. The van der Waals surface area contributed by atoms with E-state index in [1.807, 2.05) is 18.2 Å². The smallest absolute Gasteiger partial charge is 0.271 e. The highest BCUT2D eigenvalue weighted by molar-refractivity contribution is 7.89. The molecule has 1 amide bonds. The van der Waals surface area contributed by atoms with Crippen LogP contribution >= 0.6 is 0 Å². The van der Waals surface area contributed by atoms with Gasteiger partial charge in [0, 0.05) is 24.2 Å². The summed E-state index contributed by atoms with van der Waals surface area (Å²) in [6.45, 7) is 1.37. The van der Waals surface area contributed by atoms with E-state index in [1.165, 1.54) is 22.0 Å². The molecule has 7 nitrogen and oxygen atoms in total.